The van der Waals surface area contributed by atoms with Crippen molar-refractivity contribution in [3.8, 4) is 5.75 Å². The van der Waals surface area contributed by atoms with Crippen molar-refractivity contribution in [2.45, 2.75) is 18.9 Å². The molecule has 0 aliphatic rings. The second-order valence-corrected chi connectivity index (χ2v) is 4.63. The van der Waals surface area contributed by atoms with E-state index in [1.165, 1.54) is 0 Å². The van der Waals surface area contributed by atoms with E-state index in [4.69, 9.17) is 10.2 Å². The zero-order chi connectivity index (χ0) is 16.4. The Bertz CT molecular complexity index is 589. The minimum atomic E-state index is -1.83. The van der Waals surface area contributed by atoms with Crippen LogP contribution in [0.25, 0.3) is 0 Å². The molecule has 0 radical (unpaired) electrons. The van der Waals surface area contributed by atoms with Gasteiger partial charge in [0.2, 0.25) is 5.82 Å². The summed E-state index contributed by atoms with van der Waals surface area (Å²) in [5, 5.41) is 29.1. The van der Waals surface area contributed by atoms with Gasteiger partial charge in [-0.3, -0.25) is 9.59 Å². The highest BCUT2D eigenvalue weighted by molar-refractivity contribution is 5.95. The van der Waals surface area contributed by atoms with Crippen molar-refractivity contribution in [1.82, 2.24) is 5.32 Å². The first kappa shape index (κ1) is 16.8. The number of aliphatic hydroxyl groups is 1. The number of carboxylic acid groups (broad SMARTS) is 1. The predicted octanol–water partition coefficient (Wildman–Crippen LogP) is 0.765. The molecule has 1 rings (SSSR count). The molecule has 21 heavy (non-hydrogen) atoms. The summed E-state index contributed by atoms with van der Waals surface area (Å²) < 4.78 is 39.3. The van der Waals surface area contributed by atoms with Crippen molar-refractivity contribution in [2.24, 2.45) is 0 Å². The van der Waals surface area contributed by atoms with Crippen molar-refractivity contribution in [2.75, 3.05) is 6.54 Å². The van der Waals surface area contributed by atoms with E-state index in [1.807, 2.05) is 5.32 Å². The number of benzene rings is 1. The van der Waals surface area contributed by atoms with E-state index in [0.717, 1.165) is 6.92 Å². The Hall–Kier alpha value is -2.29. The quantitative estimate of drug-likeness (QED) is 0.601. The van der Waals surface area contributed by atoms with E-state index in [1.54, 1.807) is 0 Å². The van der Waals surface area contributed by atoms with Crippen LogP contribution in [0.3, 0.4) is 0 Å². The molecule has 0 spiro atoms. The van der Waals surface area contributed by atoms with Crippen molar-refractivity contribution < 1.29 is 38.1 Å². The zero-order valence-corrected chi connectivity index (χ0v) is 10.8. The van der Waals surface area contributed by atoms with Gasteiger partial charge in [-0.1, -0.05) is 0 Å². The fourth-order valence-electron chi connectivity index (χ4n) is 1.51. The number of rotatable bonds is 5. The van der Waals surface area contributed by atoms with Crippen molar-refractivity contribution in [3.63, 3.8) is 0 Å². The number of hydrogen-bond donors (Lipinski definition) is 4. The molecule has 1 amide bonds. The van der Waals surface area contributed by atoms with Gasteiger partial charge in [0.1, 0.15) is 0 Å². The number of carbonyl (C=O) groups excluding carboxylic acids is 1. The molecular weight excluding hydrogens is 295 g/mol. The average Bonchev–Trinajstić information content (AvgIpc) is 2.36. The number of nitrogens with one attached hydrogen (secondary N) is 1. The summed E-state index contributed by atoms with van der Waals surface area (Å²) in [6.45, 7) is 0.539. The van der Waals surface area contributed by atoms with Crippen molar-refractivity contribution in [1.29, 1.82) is 0 Å². The lowest BCUT2D eigenvalue weighted by Gasteiger charge is -2.21. The smallest absolute Gasteiger partial charge is 0.306 e. The van der Waals surface area contributed by atoms with Crippen LogP contribution in [0.5, 0.6) is 5.75 Å². The second-order valence-electron chi connectivity index (χ2n) is 4.63. The second kappa shape index (κ2) is 6.00. The molecule has 0 aromatic heterocycles. The fourth-order valence-corrected chi connectivity index (χ4v) is 1.51. The molecule has 6 nitrogen and oxygen atoms in total. The molecule has 4 N–H and O–H groups in total. The van der Waals surface area contributed by atoms with Gasteiger partial charge < -0.3 is 20.6 Å². The number of aromatic hydroxyl groups is 1. The normalized spacial score (nSPS) is 13.6. The first-order chi connectivity index (χ1) is 9.55. The molecule has 116 valence electrons. The third kappa shape index (κ3) is 4.09. The summed E-state index contributed by atoms with van der Waals surface area (Å²) in [6, 6.07) is 0.242. The monoisotopic (exact) mass is 307 g/mol. The maximum absolute atomic E-state index is 13.4. The van der Waals surface area contributed by atoms with Gasteiger partial charge in [-0.15, -0.1) is 0 Å². The summed E-state index contributed by atoms with van der Waals surface area (Å²) >= 11 is 0. The van der Waals surface area contributed by atoms with Gasteiger partial charge in [0.15, 0.2) is 17.4 Å². The molecule has 0 saturated carbocycles. The van der Waals surface area contributed by atoms with E-state index < -0.39 is 59.2 Å². The predicted molar refractivity (Wildman–Crippen MR) is 63.2 cm³/mol. The van der Waals surface area contributed by atoms with E-state index >= 15 is 0 Å². The van der Waals surface area contributed by atoms with E-state index in [9.17, 15) is 27.9 Å². The average molecular weight is 307 g/mol. The van der Waals surface area contributed by atoms with Gasteiger partial charge in [0, 0.05) is 6.54 Å². The van der Waals surface area contributed by atoms with Crippen LogP contribution in [0.15, 0.2) is 6.07 Å². The van der Waals surface area contributed by atoms with Gasteiger partial charge in [-0.05, 0) is 13.0 Å². The van der Waals surface area contributed by atoms with E-state index in [-0.39, 0.29) is 6.07 Å². The summed E-state index contributed by atoms with van der Waals surface area (Å²) in [7, 11) is 0. The van der Waals surface area contributed by atoms with Crippen LogP contribution < -0.4 is 5.32 Å². The third-order valence-corrected chi connectivity index (χ3v) is 2.54. The SMILES string of the molecule is CC(O)(CNC(=O)c1cc(F)c(F)c(O)c1F)CC(=O)O. The Morgan fingerprint density at radius 2 is 1.86 bits per heavy atom. The highest BCUT2D eigenvalue weighted by atomic mass is 19.2. The summed E-state index contributed by atoms with van der Waals surface area (Å²) in [5.74, 6) is -9.33. The minimum Gasteiger partial charge on any atom is -0.503 e. The lowest BCUT2D eigenvalue weighted by molar-refractivity contribution is -0.141. The highest BCUT2D eigenvalue weighted by Gasteiger charge is 2.27. The summed E-state index contributed by atoms with van der Waals surface area (Å²) in [5.41, 5.74) is -2.80. The molecule has 0 fully saturated rings. The number of phenols is 1. The van der Waals surface area contributed by atoms with Crippen LogP contribution in [0.4, 0.5) is 13.2 Å². The van der Waals surface area contributed by atoms with Gasteiger partial charge in [0.25, 0.3) is 5.91 Å². The number of aliphatic carboxylic acids is 1. The summed E-state index contributed by atoms with van der Waals surface area (Å²) in [6.07, 6.45) is -0.696. The Morgan fingerprint density at radius 3 is 2.38 bits per heavy atom. The topological polar surface area (TPSA) is 107 Å². The first-order valence-corrected chi connectivity index (χ1v) is 5.64. The van der Waals surface area contributed by atoms with Crippen LogP contribution in [0.2, 0.25) is 0 Å². The molecule has 0 heterocycles. The molecule has 1 aromatic carbocycles. The van der Waals surface area contributed by atoms with Crippen LogP contribution in [-0.4, -0.2) is 39.3 Å². The molecule has 0 bridgehead atoms. The van der Waals surface area contributed by atoms with Crippen molar-refractivity contribution in [3.05, 3.63) is 29.1 Å². The number of amides is 1. The molecule has 0 saturated heterocycles. The van der Waals surface area contributed by atoms with Gasteiger partial charge in [-0.2, -0.15) is 4.39 Å². The number of phenolic OH excluding ortho intramolecular Hbond substituents is 1. The zero-order valence-electron chi connectivity index (χ0n) is 10.8. The van der Waals surface area contributed by atoms with E-state index in [0.29, 0.717) is 0 Å². The Balaban J connectivity index is 2.89. The summed E-state index contributed by atoms with van der Waals surface area (Å²) in [4.78, 5) is 22.1. The Labute approximate surface area is 116 Å². The largest absolute Gasteiger partial charge is 0.503 e. The Morgan fingerprint density at radius 1 is 1.29 bits per heavy atom. The molecular formula is C12H12F3NO5. The molecule has 1 atom stereocenters. The number of hydrogen-bond acceptors (Lipinski definition) is 4. The maximum Gasteiger partial charge on any atom is 0.306 e. The van der Waals surface area contributed by atoms with E-state index in [2.05, 4.69) is 0 Å². The molecule has 1 unspecified atom stereocenters. The number of halogens is 3. The van der Waals surface area contributed by atoms with Gasteiger partial charge >= 0.3 is 5.97 Å². The number of carboxylic acids is 1. The standard InChI is InChI=1S/C12H12F3NO5/c1-12(21,3-7(17)18)4-16-11(20)5-2-6(13)9(15)10(19)8(5)14/h2,19,21H,3-4H2,1H3,(H,16,20)(H,17,18). The van der Waals surface area contributed by atoms with Gasteiger partial charge in [-0.25, -0.2) is 8.78 Å². The third-order valence-electron chi connectivity index (χ3n) is 2.54. The van der Waals surface area contributed by atoms with Crippen LogP contribution in [0.1, 0.15) is 23.7 Å². The number of carbonyl (C=O) groups is 2. The fraction of sp³-hybridized carbons (Fsp3) is 0.333. The highest BCUT2D eigenvalue weighted by Crippen LogP contribution is 2.25. The maximum atomic E-state index is 13.4. The van der Waals surface area contributed by atoms with Crippen LogP contribution >= 0.6 is 0 Å². The van der Waals surface area contributed by atoms with Gasteiger partial charge in [0.05, 0.1) is 17.6 Å². The lowest BCUT2D eigenvalue weighted by atomic mass is 10.0. The molecule has 0 aliphatic heterocycles. The molecule has 0 aliphatic carbocycles. The van der Waals surface area contributed by atoms with Crippen LogP contribution in [-0.2, 0) is 4.79 Å². The van der Waals surface area contributed by atoms with Crippen LogP contribution in [0, 0.1) is 17.5 Å². The minimum absolute atomic E-state index is 0.242. The molecule has 9 heteroatoms. The first-order valence-electron chi connectivity index (χ1n) is 5.64. The van der Waals surface area contributed by atoms with Crippen molar-refractivity contribution >= 4 is 11.9 Å². The lowest BCUT2D eigenvalue weighted by Crippen LogP contribution is -2.42. The Kier molecular flexibility index (Phi) is 4.79. The molecule has 1 aromatic rings.